The molecule has 0 amide bonds. The molecule has 0 fully saturated rings. The summed E-state index contributed by atoms with van der Waals surface area (Å²) in [6, 6.07) is 12.6. The summed E-state index contributed by atoms with van der Waals surface area (Å²) in [4.78, 5) is 4.26. The lowest BCUT2D eigenvalue weighted by molar-refractivity contribution is 0.376. The van der Waals surface area contributed by atoms with Gasteiger partial charge < -0.3 is 4.52 Å². The van der Waals surface area contributed by atoms with Gasteiger partial charge in [0.25, 0.3) is 0 Å². The fourth-order valence-corrected chi connectivity index (χ4v) is 4.02. The quantitative estimate of drug-likeness (QED) is 0.569. The first kappa shape index (κ1) is 21.8. The van der Waals surface area contributed by atoms with Crippen molar-refractivity contribution in [2.75, 3.05) is 0 Å². The number of halogens is 2. The van der Waals surface area contributed by atoms with Crippen LogP contribution in [0.3, 0.4) is 0 Å². The molecule has 0 unspecified atom stereocenters. The Morgan fingerprint density at radius 3 is 2.34 bits per heavy atom. The summed E-state index contributed by atoms with van der Waals surface area (Å²) >= 11 is 11.8. The van der Waals surface area contributed by atoms with Crippen LogP contribution in [0.5, 0.6) is 0 Å². The van der Waals surface area contributed by atoms with Gasteiger partial charge in [-0.15, -0.1) is 0 Å². The van der Waals surface area contributed by atoms with Crippen molar-refractivity contribution in [2.24, 2.45) is 0 Å². The number of hydrogen-bond acceptors (Lipinski definition) is 5. The molecule has 0 aliphatic rings. The minimum absolute atomic E-state index is 0.0491. The first-order chi connectivity index (χ1) is 13.5. The molecule has 2 aromatic carbocycles. The smallest absolute Gasteiger partial charge is 0.242 e. The summed E-state index contributed by atoms with van der Waals surface area (Å²) in [5, 5.41) is 4.61. The Balaban J connectivity index is 1.64. The van der Waals surface area contributed by atoms with E-state index in [4.69, 9.17) is 27.7 Å². The van der Waals surface area contributed by atoms with Crippen LogP contribution in [0.25, 0.3) is 11.4 Å². The third-order valence-electron chi connectivity index (χ3n) is 4.26. The van der Waals surface area contributed by atoms with E-state index in [1.165, 1.54) is 11.6 Å². The number of sulfonamides is 1. The van der Waals surface area contributed by atoms with Gasteiger partial charge in [0.2, 0.25) is 21.7 Å². The number of hydrogen-bond donors (Lipinski definition) is 1. The van der Waals surface area contributed by atoms with Crippen molar-refractivity contribution in [1.29, 1.82) is 0 Å². The van der Waals surface area contributed by atoms with Crippen molar-refractivity contribution in [2.45, 2.75) is 38.5 Å². The van der Waals surface area contributed by atoms with Gasteiger partial charge in [-0.25, -0.2) is 13.1 Å². The fraction of sp³-hybridized carbons (Fsp3) is 0.300. The zero-order valence-electron chi connectivity index (χ0n) is 16.2. The molecule has 6 nitrogen and oxygen atoms in total. The van der Waals surface area contributed by atoms with Crippen LogP contribution in [-0.4, -0.2) is 18.6 Å². The van der Waals surface area contributed by atoms with E-state index in [9.17, 15) is 8.42 Å². The summed E-state index contributed by atoms with van der Waals surface area (Å²) in [6.45, 7) is 6.31. The highest BCUT2D eigenvalue weighted by Crippen LogP contribution is 2.25. The number of aromatic nitrogens is 2. The Kier molecular flexibility index (Phi) is 6.33. The lowest BCUT2D eigenvalue weighted by Crippen LogP contribution is -2.24. The van der Waals surface area contributed by atoms with Crippen LogP contribution >= 0.6 is 23.2 Å². The van der Waals surface area contributed by atoms with Crippen LogP contribution in [0.1, 0.15) is 37.8 Å². The Morgan fingerprint density at radius 1 is 1.03 bits per heavy atom. The predicted octanol–water partition coefficient (Wildman–Crippen LogP) is 4.96. The predicted molar refractivity (Wildman–Crippen MR) is 114 cm³/mol. The molecule has 154 valence electrons. The molecule has 0 radical (unpaired) electrons. The van der Waals surface area contributed by atoms with Crippen LogP contribution in [0, 0.1) is 0 Å². The molecule has 0 aliphatic heterocycles. The van der Waals surface area contributed by atoms with Gasteiger partial charge in [-0.2, -0.15) is 4.98 Å². The molecule has 0 aliphatic carbocycles. The molecule has 0 saturated heterocycles. The summed E-state index contributed by atoms with van der Waals surface area (Å²) < 4.78 is 32.2. The number of benzene rings is 2. The number of rotatable bonds is 6. The lowest BCUT2D eigenvalue weighted by Gasteiger charge is -2.18. The van der Waals surface area contributed by atoms with E-state index in [0.29, 0.717) is 21.4 Å². The van der Waals surface area contributed by atoms with Gasteiger partial charge in [0.1, 0.15) is 0 Å². The monoisotopic (exact) mass is 453 g/mol. The molecule has 3 rings (SSSR count). The second-order valence-corrected chi connectivity index (χ2v) is 10.3. The molecule has 0 bridgehead atoms. The molecular weight excluding hydrogens is 433 g/mol. The maximum atomic E-state index is 12.3. The minimum atomic E-state index is -3.62. The Labute approximate surface area is 180 Å². The zero-order valence-corrected chi connectivity index (χ0v) is 18.6. The minimum Gasteiger partial charge on any atom is -0.338 e. The van der Waals surface area contributed by atoms with E-state index < -0.39 is 10.0 Å². The standard InChI is InChI=1S/C20H21Cl2N3O3S/c1-20(2,3)15-7-5-14(6-8-15)19-24-18(28-25-19)11-23-29(26,27)12-13-4-9-16(21)17(22)10-13/h4-10,23H,11-12H2,1-3H3. The van der Waals surface area contributed by atoms with Crippen LogP contribution in [0.15, 0.2) is 47.0 Å². The van der Waals surface area contributed by atoms with E-state index >= 15 is 0 Å². The molecule has 0 atom stereocenters. The normalized spacial score (nSPS) is 12.3. The number of nitrogens with zero attached hydrogens (tertiary/aromatic N) is 2. The molecule has 3 aromatic rings. The van der Waals surface area contributed by atoms with E-state index in [0.717, 1.165) is 5.56 Å². The molecule has 0 spiro atoms. The van der Waals surface area contributed by atoms with Crippen LogP contribution in [0.2, 0.25) is 10.0 Å². The molecule has 29 heavy (non-hydrogen) atoms. The van der Waals surface area contributed by atoms with Crippen molar-refractivity contribution in [3.05, 3.63) is 69.5 Å². The lowest BCUT2D eigenvalue weighted by atomic mass is 9.87. The third-order valence-corrected chi connectivity index (χ3v) is 6.30. The molecule has 1 aromatic heterocycles. The summed E-state index contributed by atoms with van der Waals surface area (Å²) in [7, 11) is -3.62. The van der Waals surface area contributed by atoms with Crippen LogP contribution < -0.4 is 4.72 Å². The van der Waals surface area contributed by atoms with Crippen molar-refractivity contribution >= 4 is 33.2 Å². The Morgan fingerprint density at radius 2 is 1.72 bits per heavy atom. The van der Waals surface area contributed by atoms with E-state index in [1.54, 1.807) is 12.1 Å². The molecular formula is C20H21Cl2N3O3S. The highest BCUT2D eigenvalue weighted by atomic mass is 35.5. The first-order valence-electron chi connectivity index (χ1n) is 8.88. The maximum absolute atomic E-state index is 12.3. The summed E-state index contributed by atoms with van der Waals surface area (Å²) in [5.41, 5.74) is 2.57. The Bertz CT molecular complexity index is 1100. The van der Waals surface area contributed by atoms with Crippen molar-refractivity contribution in [3.63, 3.8) is 0 Å². The largest absolute Gasteiger partial charge is 0.338 e. The SMILES string of the molecule is CC(C)(C)c1ccc(-c2noc(CNS(=O)(=O)Cc3ccc(Cl)c(Cl)c3)n2)cc1. The molecule has 1 N–H and O–H groups in total. The number of nitrogens with one attached hydrogen (secondary N) is 1. The molecule has 0 saturated carbocycles. The van der Waals surface area contributed by atoms with Gasteiger partial charge in [0, 0.05) is 5.56 Å². The van der Waals surface area contributed by atoms with E-state index in [-0.39, 0.29) is 23.6 Å². The van der Waals surface area contributed by atoms with E-state index in [2.05, 4.69) is 35.6 Å². The van der Waals surface area contributed by atoms with Gasteiger partial charge in [-0.3, -0.25) is 0 Å². The van der Waals surface area contributed by atoms with Crippen LogP contribution in [0.4, 0.5) is 0 Å². The zero-order chi connectivity index (χ0) is 21.2. The van der Waals surface area contributed by atoms with Gasteiger partial charge >= 0.3 is 0 Å². The van der Waals surface area contributed by atoms with Gasteiger partial charge in [-0.1, -0.05) is 79.5 Å². The highest BCUT2D eigenvalue weighted by molar-refractivity contribution is 7.88. The van der Waals surface area contributed by atoms with Crippen molar-refractivity contribution in [3.8, 4) is 11.4 Å². The van der Waals surface area contributed by atoms with Crippen molar-refractivity contribution in [1.82, 2.24) is 14.9 Å². The molecule has 1 heterocycles. The fourth-order valence-electron chi connectivity index (χ4n) is 2.63. The first-order valence-corrected chi connectivity index (χ1v) is 11.3. The highest BCUT2D eigenvalue weighted by Gasteiger charge is 2.17. The average molecular weight is 454 g/mol. The maximum Gasteiger partial charge on any atom is 0.242 e. The third kappa shape index (κ3) is 5.79. The summed E-state index contributed by atoms with van der Waals surface area (Å²) in [5.74, 6) is 0.348. The second kappa shape index (κ2) is 8.44. The van der Waals surface area contributed by atoms with Crippen LogP contribution in [-0.2, 0) is 27.7 Å². The topological polar surface area (TPSA) is 85.1 Å². The summed E-state index contributed by atoms with van der Waals surface area (Å²) in [6.07, 6.45) is 0. The second-order valence-electron chi connectivity index (χ2n) is 7.67. The van der Waals surface area contributed by atoms with Crippen molar-refractivity contribution < 1.29 is 12.9 Å². The van der Waals surface area contributed by atoms with Gasteiger partial charge in [0.15, 0.2) is 0 Å². The van der Waals surface area contributed by atoms with Gasteiger partial charge in [0.05, 0.1) is 22.3 Å². The van der Waals surface area contributed by atoms with E-state index in [1.807, 2.05) is 24.3 Å². The Hall–Kier alpha value is -1.93. The molecule has 9 heteroatoms. The average Bonchev–Trinajstić information content (AvgIpc) is 3.12. The van der Waals surface area contributed by atoms with Gasteiger partial charge in [-0.05, 0) is 28.7 Å².